The van der Waals surface area contributed by atoms with Crippen molar-refractivity contribution in [2.45, 2.75) is 26.3 Å². The van der Waals surface area contributed by atoms with Crippen LogP contribution < -0.4 is 11.1 Å². The topological polar surface area (TPSA) is 98.5 Å². The first-order chi connectivity index (χ1) is 10.8. The van der Waals surface area contributed by atoms with Crippen LogP contribution in [0.1, 0.15) is 27.9 Å². The van der Waals surface area contributed by atoms with Crippen molar-refractivity contribution in [1.82, 2.24) is 5.32 Å². The Labute approximate surface area is 140 Å². The lowest BCUT2D eigenvalue weighted by atomic mass is 10.0. The van der Waals surface area contributed by atoms with E-state index < -0.39 is 18.0 Å². The average molecular weight is 338 g/mol. The molecule has 0 heterocycles. The molecule has 1 rings (SSSR count). The van der Waals surface area contributed by atoms with E-state index in [1.807, 2.05) is 32.2 Å². The molecule has 6 nitrogen and oxygen atoms in total. The highest BCUT2D eigenvalue weighted by molar-refractivity contribution is 7.98. The molecule has 2 amide bonds. The summed E-state index contributed by atoms with van der Waals surface area (Å²) in [5, 5.41) is 2.34. The van der Waals surface area contributed by atoms with Crippen molar-refractivity contribution < 1.29 is 19.1 Å². The molecule has 0 aromatic heterocycles. The molecular weight excluding hydrogens is 316 g/mol. The Morgan fingerprint density at radius 3 is 2.61 bits per heavy atom. The number of nitrogens with two attached hydrogens (primary N) is 1. The third-order valence-electron chi connectivity index (χ3n) is 3.25. The number of primary amides is 1. The summed E-state index contributed by atoms with van der Waals surface area (Å²) in [6.45, 7) is 3.35. The smallest absolute Gasteiger partial charge is 0.329 e. The molecule has 0 aliphatic heterocycles. The van der Waals surface area contributed by atoms with Gasteiger partial charge in [-0.3, -0.25) is 4.79 Å². The Hall–Kier alpha value is -2.02. The number of hydrogen-bond acceptors (Lipinski definition) is 5. The highest BCUT2D eigenvalue weighted by Gasteiger charge is 2.22. The standard InChI is InChI=1S/C16H22N2O4S/c1-10-4-5-11(2)12(8-10)14(19)9-22-15(20)13(6-7-23-3)18-16(17)21/h4-5,8,13H,6-7,9H2,1-3H3,(H3,17,18,21)/t13-/m0/s1. The molecule has 0 saturated carbocycles. The molecule has 1 aromatic carbocycles. The number of ketones is 1. The Morgan fingerprint density at radius 1 is 1.30 bits per heavy atom. The van der Waals surface area contributed by atoms with Crippen LogP contribution in [0, 0.1) is 13.8 Å². The number of aryl methyl sites for hydroxylation is 2. The van der Waals surface area contributed by atoms with Crippen LogP contribution in [-0.4, -0.2) is 42.4 Å². The Morgan fingerprint density at radius 2 is 2.00 bits per heavy atom. The first-order valence-electron chi connectivity index (χ1n) is 7.17. The molecule has 0 unspecified atom stereocenters. The Kier molecular flexibility index (Phi) is 7.61. The van der Waals surface area contributed by atoms with Crippen LogP contribution in [0.4, 0.5) is 4.79 Å². The van der Waals surface area contributed by atoms with E-state index in [2.05, 4.69) is 5.32 Å². The number of carbonyl (C=O) groups is 3. The second kappa shape index (κ2) is 9.19. The monoisotopic (exact) mass is 338 g/mol. The number of carbonyl (C=O) groups excluding carboxylic acids is 3. The number of amides is 2. The molecule has 1 atom stereocenters. The number of ether oxygens (including phenoxy) is 1. The zero-order valence-corrected chi connectivity index (χ0v) is 14.4. The van der Waals surface area contributed by atoms with Gasteiger partial charge in [0.05, 0.1) is 0 Å². The number of nitrogens with one attached hydrogen (secondary N) is 1. The van der Waals surface area contributed by atoms with Crippen LogP contribution in [-0.2, 0) is 9.53 Å². The summed E-state index contributed by atoms with van der Waals surface area (Å²) in [6.07, 6.45) is 2.28. The number of hydrogen-bond donors (Lipinski definition) is 2. The van der Waals surface area contributed by atoms with Gasteiger partial charge in [0.2, 0.25) is 5.78 Å². The first kappa shape index (κ1) is 19.0. The third-order valence-corrected chi connectivity index (χ3v) is 3.89. The number of urea groups is 1. The largest absolute Gasteiger partial charge is 0.456 e. The molecule has 1 aromatic rings. The van der Waals surface area contributed by atoms with E-state index in [1.54, 1.807) is 6.07 Å². The Balaban J connectivity index is 2.66. The van der Waals surface area contributed by atoms with Gasteiger partial charge < -0.3 is 15.8 Å². The lowest BCUT2D eigenvalue weighted by Gasteiger charge is -2.16. The fraction of sp³-hybridized carbons (Fsp3) is 0.438. The molecule has 23 heavy (non-hydrogen) atoms. The zero-order valence-electron chi connectivity index (χ0n) is 13.5. The van der Waals surface area contributed by atoms with Crippen molar-refractivity contribution in [1.29, 1.82) is 0 Å². The highest BCUT2D eigenvalue weighted by Crippen LogP contribution is 2.12. The van der Waals surface area contributed by atoms with E-state index in [0.717, 1.165) is 11.1 Å². The molecule has 7 heteroatoms. The maximum absolute atomic E-state index is 12.2. The molecule has 0 spiro atoms. The summed E-state index contributed by atoms with van der Waals surface area (Å²) < 4.78 is 5.05. The SMILES string of the molecule is CSCC[C@H](NC(N)=O)C(=O)OCC(=O)c1cc(C)ccc1C. The minimum Gasteiger partial charge on any atom is -0.456 e. The molecule has 0 aliphatic carbocycles. The second-order valence-corrected chi connectivity index (χ2v) is 6.18. The lowest BCUT2D eigenvalue weighted by Crippen LogP contribution is -2.45. The number of Topliss-reactive ketones (excluding diaryl/α,β-unsaturated/α-hetero) is 1. The summed E-state index contributed by atoms with van der Waals surface area (Å²) in [5.74, 6) is -0.274. The van der Waals surface area contributed by atoms with E-state index in [0.29, 0.717) is 17.7 Å². The number of rotatable bonds is 8. The van der Waals surface area contributed by atoms with Gasteiger partial charge in [-0.1, -0.05) is 17.7 Å². The molecule has 0 bridgehead atoms. The minimum atomic E-state index is -0.841. The van der Waals surface area contributed by atoms with Crippen LogP contribution in [0.15, 0.2) is 18.2 Å². The fourth-order valence-corrected chi connectivity index (χ4v) is 2.48. The van der Waals surface area contributed by atoms with Crippen LogP contribution >= 0.6 is 11.8 Å². The summed E-state index contributed by atoms with van der Waals surface area (Å²) in [7, 11) is 0. The predicted octanol–water partition coefficient (Wildman–Crippen LogP) is 1.82. The Bertz CT molecular complexity index is 589. The molecule has 0 fully saturated rings. The lowest BCUT2D eigenvalue weighted by molar-refractivity contribution is -0.144. The summed E-state index contributed by atoms with van der Waals surface area (Å²) in [6, 6.07) is 3.88. The summed E-state index contributed by atoms with van der Waals surface area (Å²) in [5.41, 5.74) is 7.37. The van der Waals surface area contributed by atoms with E-state index in [9.17, 15) is 14.4 Å². The maximum Gasteiger partial charge on any atom is 0.329 e. The van der Waals surface area contributed by atoms with Gasteiger partial charge in [0.25, 0.3) is 0 Å². The van der Waals surface area contributed by atoms with E-state index in [4.69, 9.17) is 10.5 Å². The molecule has 3 N–H and O–H groups in total. The van der Waals surface area contributed by atoms with E-state index >= 15 is 0 Å². The van der Waals surface area contributed by atoms with Crippen molar-refractivity contribution in [3.05, 3.63) is 34.9 Å². The quantitative estimate of drug-likeness (QED) is 0.556. The van der Waals surface area contributed by atoms with Crippen molar-refractivity contribution >= 4 is 29.5 Å². The van der Waals surface area contributed by atoms with Gasteiger partial charge in [-0.15, -0.1) is 0 Å². The van der Waals surface area contributed by atoms with Crippen molar-refractivity contribution in [3.63, 3.8) is 0 Å². The van der Waals surface area contributed by atoms with Crippen molar-refractivity contribution in [2.75, 3.05) is 18.6 Å². The van der Waals surface area contributed by atoms with Gasteiger partial charge in [0.15, 0.2) is 6.61 Å². The average Bonchev–Trinajstić information content (AvgIpc) is 2.50. The van der Waals surface area contributed by atoms with Gasteiger partial charge in [-0.05, 0) is 43.9 Å². The van der Waals surface area contributed by atoms with Gasteiger partial charge in [0.1, 0.15) is 6.04 Å². The van der Waals surface area contributed by atoms with Gasteiger partial charge in [-0.25, -0.2) is 9.59 Å². The van der Waals surface area contributed by atoms with Gasteiger partial charge >= 0.3 is 12.0 Å². The third kappa shape index (κ3) is 6.32. The normalized spacial score (nSPS) is 11.6. The summed E-state index contributed by atoms with van der Waals surface area (Å²) in [4.78, 5) is 35.2. The number of benzene rings is 1. The van der Waals surface area contributed by atoms with Gasteiger partial charge in [-0.2, -0.15) is 11.8 Å². The van der Waals surface area contributed by atoms with Crippen LogP contribution in [0.25, 0.3) is 0 Å². The van der Waals surface area contributed by atoms with Gasteiger partial charge in [0, 0.05) is 5.56 Å². The second-order valence-electron chi connectivity index (χ2n) is 5.19. The minimum absolute atomic E-state index is 0.276. The number of thioether (sulfide) groups is 1. The molecule has 0 aliphatic rings. The molecule has 126 valence electrons. The number of esters is 1. The molecule has 0 saturated heterocycles. The van der Waals surface area contributed by atoms with Crippen molar-refractivity contribution in [2.24, 2.45) is 5.73 Å². The van der Waals surface area contributed by atoms with E-state index in [-0.39, 0.29) is 12.4 Å². The van der Waals surface area contributed by atoms with Crippen molar-refractivity contribution in [3.8, 4) is 0 Å². The zero-order chi connectivity index (χ0) is 17.4. The van der Waals surface area contributed by atoms with Crippen LogP contribution in [0.2, 0.25) is 0 Å². The fourth-order valence-electron chi connectivity index (χ4n) is 2.01. The maximum atomic E-state index is 12.2. The first-order valence-corrected chi connectivity index (χ1v) is 8.56. The van der Waals surface area contributed by atoms with E-state index in [1.165, 1.54) is 11.8 Å². The predicted molar refractivity (Wildman–Crippen MR) is 90.7 cm³/mol. The highest BCUT2D eigenvalue weighted by atomic mass is 32.2. The van der Waals surface area contributed by atoms with Crippen LogP contribution in [0.3, 0.4) is 0 Å². The molecule has 0 radical (unpaired) electrons. The van der Waals surface area contributed by atoms with Crippen LogP contribution in [0.5, 0.6) is 0 Å². The molecular formula is C16H22N2O4S. The summed E-state index contributed by atoms with van der Waals surface area (Å²) >= 11 is 1.53.